The minimum Gasteiger partial charge on any atom is -0.350 e. The first-order chi connectivity index (χ1) is 10.4. The van der Waals surface area contributed by atoms with Crippen LogP contribution >= 0.6 is 0 Å². The average Bonchev–Trinajstić information content (AvgIpc) is 2.51. The second kappa shape index (κ2) is 6.39. The molecule has 0 saturated carbocycles. The molecule has 3 aliphatic rings. The van der Waals surface area contributed by atoms with E-state index in [4.69, 9.17) is 9.47 Å². The number of piperidine rings is 2. The van der Waals surface area contributed by atoms with Gasteiger partial charge in [-0.15, -0.1) is 0 Å². The molecule has 0 amide bonds. The van der Waals surface area contributed by atoms with Crippen LogP contribution < -0.4 is 0 Å². The van der Waals surface area contributed by atoms with Crippen LogP contribution in [0, 0.1) is 0 Å². The number of likely N-dealkylation sites (tertiary alicyclic amines) is 2. The highest BCUT2D eigenvalue weighted by molar-refractivity contribution is 4.95. The quantitative estimate of drug-likeness (QED) is 0.782. The van der Waals surface area contributed by atoms with Crippen LogP contribution in [0.15, 0.2) is 0 Å². The van der Waals surface area contributed by atoms with Gasteiger partial charge in [0.25, 0.3) is 0 Å². The lowest BCUT2D eigenvalue weighted by molar-refractivity contribution is -0.354. The van der Waals surface area contributed by atoms with Crippen molar-refractivity contribution in [3.8, 4) is 0 Å². The molecule has 0 spiro atoms. The summed E-state index contributed by atoms with van der Waals surface area (Å²) in [4.78, 5) is 5.00. The fourth-order valence-electron chi connectivity index (χ4n) is 4.31. The second-order valence-electron chi connectivity index (χ2n) is 8.34. The molecule has 0 aliphatic carbocycles. The predicted molar refractivity (Wildman–Crippen MR) is 88.8 cm³/mol. The van der Waals surface area contributed by atoms with Gasteiger partial charge in [-0.3, -0.25) is 9.80 Å². The molecule has 0 aromatic heterocycles. The van der Waals surface area contributed by atoms with Gasteiger partial charge in [0.15, 0.2) is 0 Å². The highest BCUT2D eigenvalue weighted by Gasteiger charge is 2.52. The van der Waals surface area contributed by atoms with Crippen LogP contribution in [0.2, 0.25) is 0 Å². The van der Waals surface area contributed by atoms with E-state index < -0.39 is 0 Å². The Morgan fingerprint density at radius 3 is 1.23 bits per heavy atom. The van der Waals surface area contributed by atoms with Crippen LogP contribution in [0.1, 0.15) is 66.2 Å². The van der Waals surface area contributed by atoms with Gasteiger partial charge in [-0.05, 0) is 53.4 Å². The molecule has 4 heteroatoms. The van der Waals surface area contributed by atoms with E-state index in [0.717, 1.165) is 26.2 Å². The molecule has 2 atom stereocenters. The molecule has 128 valence electrons. The summed E-state index contributed by atoms with van der Waals surface area (Å²) in [6.45, 7) is 13.4. The molecule has 4 nitrogen and oxygen atoms in total. The Balaban J connectivity index is 1.75. The van der Waals surface area contributed by atoms with Crippen molar-refractivity contribution in [2.75, 3.05) is 26.2 Å². The Kier molecular flexibility index (Phi) is 4.84. The summed E-state index contributed by atoms with van der Waals surface area (Å²) >= 11 is 0. The number of hydrogen-bond acceptors (Lipinski definition) is 4. The zero-order valence-electron chi connectivity index (χ0n) is 14.9. The molecule has 3 fully saturated rings. The highest BCUT2D eigenvalue weighted by atomic mass is 16.6. The molecule has 0 aromatic rings. The van der Waals surface area contributed by atoms with Crippen molar-refractivity contribution in [3.05, 3.63) is 0 Å². The second-order valence-corrected chi connectivity index (χ2v) is 8.34. The summed E-state index contributed by atoms with van der Waals surface area (Å²) < 4.78 is 13.3. The molecule has 22 heavy (non-hydrogen) atoms. The highest BCUT2D eigenvalue weighted by Crippen LogP contribution is 2.39. The van der Waals surface area contributed by atoms with Gasteiger partial charge < -0.3 is 9.47 Å². The van der Waals surface area contributed by atoms with Crippen LogP contribution in [0.3, 0.4) is 0 Å². The van der Waals surface area contributed by atoms with Crippen molar-refractivity contribution in [1.82, 2.24) is 9.80 Å². The minimum atomic E-state index is -0.255. The number of rotatable bonds is 2. The normalized spacial score (nSPS) is 37.1. The molecule has 0 aromatic carbocycles. The Bertz CT molecular complexity index is 335. The maximum Gasteiger partial charge on any atom is 0.140 e. The van der Waals surface area contributed by atoms with Crippen molar-refractivity contribution in [1.29, 1.82) is 0 Å². The standard InChI is InChI=1S/C18H34N2O2/c1-17(2)15(19-11-7-5-8-12-19)22-18(3,4)16(21-17)20-13-9-6-10-14-20/h15-16H,5-14H2,1-4H3/t15-,16+. The maximum absolute atomic E-state index is 6.65. The zero-order chi connectivity index (χ0) is 15.8. The van der Waals surface area contributed by atoms with Crippen LogP contribution in [0.4, 0.5) is 0 Å². The molecule has 3 rings (SSSR count). The van der Waals surface area contributed by atoms with Crippen LogP contribution in [-0.4, -0.2) is 59.6 Å². The topological polar surface area (TPSA) is 24.9 Å². The summed E-state index contributed by atoms with van der Waals surface area (Å²) in [5.74, 6) is 0. The first-order valence-corrected chi connectivity index (χ1v) is 9.24. The monoisotopic (exact) mass is 310 g/mol. The average molecular weight is 310 g/mol. The van der Waals surface area contributed by atoms with Crippen molar-refractivity contribution in [2.45, 2.75) is 89.9 Å². The van der Waals surface area contributed by atoms with Gasteiger partial charge in [0, 0.05) is 26.2 Å². The zero-order valence-corrected chi connectivity index (χ0v) is 14.9. The molecule has 0 N–H and O–H groups in total. The maximum atomic E-state index is 6.65. The van der Waals surface area contributed by atoms with Crippen molar-refractivity contribution < 1.29 is 9.47 Å². The van der Waals surface area contributed by atoms with E-state index in [9.17, 15) is 0 Å². The third-order valence-corrected chi connectivity index (χ3v) is 5.46. The summed E-state index contributed by atoms with van der Waals surface area (Å²) in [5.41, 5.74) is -0.510. The van der Waals surface area contributed by atoms with Gasteiger partial charge in [-0.1, -0.05) is 12.8 Å². The third kappa shape index (κ3) is 3.35. The SMILES string of the molecule is CC1(C)O[C@@H](N2CCCCC2)C(C)(C)O[C@@H]1N1CCCCC1. The molecule has 0 unspecified atom stereocenters. The van der Waals surface area contributed by atoms with E-state index in [1.54, 1.807) is 0 Å². The largest absolute Gasteiger partial charge is 0.350 e. The minimum absolute atomic E-state index is 0.0730. The Hall–Kier alpha value is -0.160. The number of hydrogen-bond donors (Lipinski definition) is 0. The van der Waals surface area contributed by atoms with Gasteiger partial charge in [0.05, 0.1) is 0 Å². The smallest absolute Gasteiger partial charge is 0.140 e. The summed E-state index contributed by atoms with van der Waals surface area (Å²) in [6, 6.07) is 0. The first kappa shape index (κ1) is 16.7. The number of nitrogens with zero attached hydrogens (tertiary/aromatic N) is 2. The van der Waals surface area contributed by atoms with E-state index in [1.807, 2.05) is 0 Å². The summed E-state index contributed by atoms with van der Waals surface area (Å²) in [6.07, 6.45) is 7.98. The van der Waals surface area contributed by atoms with Gasteiger partial charge in [-0.25, -0.2) is 0 Å². The summed E-state index contributed by atoms with van der Waals surface area (Å²) in [5, 5.41) is 0. The van der Waals surface area contributed by atoms with Gasteiger partial charge in [0.2, 0.25) is 0 Å². The molecular weight excluding hydrogens is 276 g/mol. The molecular formula is C18H34N2O2. The fourth-order valence-corrected chi connectivity index (χ4v) is 4.31. The van der Waals surface area contributed by atoms with Gasteiger partial charge >= 0.3 is 0 Å². The van der Waals surface area contributed by atoms with E-state index in [1.165, 1.54) is 38.5 Å². The van der Waals surface area contributed by atoms with Crippen molar-refractivity contribution >= 4 is 0 Å². The summed E-state index contributed by atoms with van der Waals surface area (Å²) in [7, 11) is 0. The molecule has 0 radical (unpaired) electrons. The lowest BCUT2D eigenvalue weighted by Gasteiger charge is -2.56. The molecule has 3 heterocycles. The Morgan fingerprint density at radius 2 is 0.909 bits per heavy atom. The van der Waals surface area contributed by atoms with Crippen LogP contribution in [0.25, 0.3) is 0 Å². The lowest BCUT2D eigenvalue weighted by Crippen LogP contribution is -2.68. The van der Waals surface area contributed by atoms with Gasteiger partial charge in [-0.2, -0.15) is 0 Å². The van der Waals surface area contributed by atoms with Crippen molar-refractivity contribution in [2.24, 2.45) is 0 Å². The van der Waals surface area contributed by atoms with Crippen molar-refractivity contribution in [3.63, 3.8) is 0 Å². The third-order valence-electron chi connectivity index (χ3n) is 5.46. The first-order valence-electron chi connectivity index (χ1n) is 9.24. The van der Waals surface area contributed by atoms with E-state index in [2.05, 4.69) is 37.5 Å². The number of ether oxygens (including phenoxy) is 2. The van der Waals surface area contributed by atoms with Crippen LogP contribution in [0.5, 0.6) is 0 Å². The van der Waals surface area contributed by atoms with E-state index in [0.29, 0.717) is 0 Å². The fraction of sp³-hybridized carbons (Fsp3) is 1.00. The Labute approximate surface area is 136 Å². The van der Waals surface area contributed by atoms with Crippen LogP contribution in [-0.2, 0) is 9.47 Å². The van der Waals surface area contributed by atoms with E-state index >= 15 is 0 Å². The Morgan fingerprint density at radius 1 is 0.591 bits per heavy atom. The lowest BCUT2D eigenvalue weighted by atomic mass is 9.95. The molecule has 3 saturated heterocycles. The van der Waals surface area contributed by atoms with E-state index in [-0.39, 0.29) is 23.7 Å². The van der Waals surface area contributed by atoms with Gasteiger partial charge in [0.1, 0.15) is 23.7 Å². The molecule has 0 bridgehead atoms. The predicted octanol–water partition coefficient (Wildman–Crippen LogP) is 3.21. The molecule has 3 aliphatic heterocycles.